The summed E-state index contributed by atoms with van der Waals surface area (Å²) in [4.78, 5) is 33.6. The van der Waals surface area contributed by atoms with Gasteiger partial charge in [-0.05, 0) is 12.1 Å². The number of hydrogen-bond donors (Lipinski definition) is 3. The zero-order chi connectivity index (χ0) is 14.4. The minimum atomic E-state index is -1.18. The van der Waals surface area contributed by atoms with Gasteiger partial charge in [-0.2, -0.15) is 0 Å². The quantitative estimate of drug-likeness (QED) is 0.687. The summed E-state index contributed by atoms with van der Waals surface area (Å²) in [6, 6.07) is 5.44. The van der Waals surface area contributed by atoms with Crippen LogP contribution in [0.25, 0.3) is 0 Å². The summed E-state index contributed by atoms with van der Waals surface area (Å²) < 4.78 is 0. The van der Waals surface area contributed by atoms with Gasteiger partial charge >= 0.3 is 5.97 Å². The van der Waals surface area contributed by atoms with Crippen LogP contribution >= 0.6 is 11.8 Å². The number of nitrogens with two attached hydrogens (primary N) is 1. The molecule has 0 bridgehead atoms. The van der Waals surface area contributed by atoms with Crippen molar-refractivity contribution in [3.63, 3.8) is 0 Å². The van der Waals surface area contributed by atoms with Crippen LogP contribution in [0.15, 0.2) is 24.3 Å². The minimum Gasteiger partial charge on any atom is -0.480 e. The zero-order valence-electron chi connectivity index (χ0n) is 10.3. The van der Waals surface area contributed by atoms with Crippen LogP contribution in [0.3, 0.4) is 0 Å². The number of nitrogens with one attached hydrogen (secondary N) is 1. The minimum absolute atomic E-state index is 0.0535. The number of thioether (sulfide) groups is 1. The highest BCUT2D eigenvalue weighted by atomic mass is 32.2. The molecule has 1 unspecified atom stereocenters. The average molecular weight is 282 g/mol. The number of aliphatic carboxylic acids is 1. The highest BCUT2D eigenvalue weighted by Crippen LogP contribution is 2.19. The SMILES string of the molecule is CC(=O)NC(CSC(=O)c1ccccc1N)C(=O)O. The molecule has 0 aliphatic carbocycles. The number of nitrogen functional groups attached to an aromatic ring is 1. The first-order chi connectivity index (χ1) is 8.91. The molecule has 102 valence electrons. The normalized spacial score (nSPS) is 11.6. The molecule has 1 amide bonds. The van der Waals surface area contributed by atoms with Gasteiger partial charge in [0.25, 0.3) is 0 Å². The van der Waals surface area contributed by atoms with Crippen molar-refractivity contribution in [3.8, 4) is 0 Å². The molecule has 6 nitrogen and oxygen atoms in total. The molecule has 4 N–H and O–H groups in total. The highest BCUT2D eigenvalue weighted by Gasteiger charge is 2.21. The van der Waals surface area contributed by atoms with Crippen LogP contribution in [0.1, 0.15) is 17.3 Å². The summed E-state index contributed by atoms with van der Waals surface area (Å²) in [5.41, 5.74) is 6.32. The Labute approximate surface area is 114 Å². The molecule has 0 aliphatic rings. The fourth-order valence-corrected chi connectivity index (χ4v) is 2.23. The first kappa shape index (κ1) is 15.0. The number of amides is 1. The van der Waals surface area contributed by atoms with Gasteiger partial charge in [0.05, 0.1) is 5.56 Å². The smallest absolute Gasteiger partial charge is 0.327 e. The van der Waals surface area contributed by atoms with E-state index in [-0.39, 0.29) is 10.9 Å². The number of para-hydroxylation sites is 1. The Morgan fingerprint density at radius 3 is 2.53 bits per heavy atom. The monoisotopic (exact) mass is 282 g/mol. The Morgan fingerprint density at radius 2 is 2.00 bits per heavy atom. The molecule has 1 atom stereocenters. The molecule has 0 saturated heterocycles. The third-order valence-electron chi connectivity index (χ3n) is 2.24. The van der Waals surface area contributed by atoms with Crippen molar-refractivity contribution in [1.82, 2.24) is 5.32 Å². The number of anilines is 1. The molecule has 0 spiro atoms. The zero-order valence-corrected chi connectivity index (χ0v) is 11.1. The van der Waals surface area contributed by atoms with Gasteiger partial charge in [0.15, 0.2) is 0 Å². The topological polar surface area (TPSA) is 109 Å². The van der Waals surface area contributed by atoms with E-state index in [1.165, 1.54) is 6.92 Å². The van der Waals surface area contributed by atoms with Gasteiger partial charge in [-0.1, -0.05) is 23.9 Å². The standard InChI is InChI=1S/C12H14N2O4S/c1-7(15)14-10(11(16)17)6-19-12(18)8-4-2-3-5-9(8)13/h2-5,10H,6,13H2,1H3,(H,14,15)(H,16,17). The maximum absolute atomic E-state index is 11.9. The Kier molecular flexibility index (Phi) is 5.37. The third kappa shape index (κ3) is 4.63. The van der Waals surface area contributed by atoms with E-state index in [4.69, 9.17) is 10.8 Å². The Balaban J connectivity index is 2.65. The Hall–Kier alpha value is -2.02. The van der Waals surface area contributed by atoms with E-state index in [1.807, 2.05) is 0 Å². The number of carboxylic acid groups (broad SMARTS) is 1. The first-order valence-electron chi connectivity index (χ1n) is 5.43. The lowest BCUT2D eigenvalue weighted by molar-refractivity contribution is -0.140. The molecule has 0 heterocycles. The summed E-state index contributed by atoms with van der Waals surface area (Å²) in [6.07, 6.45) is 0. The molecule has 1 aromatic rings. The van der Waals surface area contributed by atoms with Crippen LogP contribution < -0.4 is 11.1 Å². The van der Waals surface area contributed by atoms with Gasteiger partial charge in [-0.3, -0.25) is 9.59 Å². The van der Waals surface area contributed by atoms with Crippen LogP contribution in [0.4, 0.5) is 5.69 Å². The molecule has 7 heteroatoms. The lowest BCUT2D eigenvalue weighted by Crippen LogP contribution is -2.41. The lowest BCUT2D eigenvalue weighted by atomic mass is 10.2. The van der Waals surface area contributed by atoms with Gasteiger partial charge in [-0.25, -0.2) is 4.79 Å². The van der Waals surface area contributed by atoms with Crippen LogP contribution in [-0.4, -0.2) is 33.9 Å². The van der Waals surface area contributed by atoms with E-state index in [0.29, 0.717) is 11.3 Å². The maximum Gasteiger partial charge on any atom is 0.327 e. The van der Waals surface area contributed by atoms with Crippen molar-refractivity contribution in [3.05, 3.63) is 29.8 Å². The number of carbonyl (C=O) groups is 3. The van der Waals surface area contributed by atoms with Crippen LogP contribution in [0, 0.1) is 0 Å². The molecular formula is C12H14N2O4S. The average Bonchev–Trinajstić information content (AvgIpc) is 2.34. The number of carboxylic acids is 1. The van der Waals surface area contributed by atoms with Crippen molar-refractivity contribution < 1.29 is 19.5 Å². The van der Waals surface area contributed by atoms with Gasteiger partial charge in [0.2, 0.25) is 11.0 Å². The maximum atomic E-state index is 11.9. The summed E-state index contributed by atoms with van der Waals surface area (Å²) in [6.45, 7) is 1.22. The molecule has 1 rings (SSSR count). The van der Waals surface area contributed by atoms with E-state index in [2.05, 4.69) is 5.32 Å². The predicted molar refractivity (Wildman–Crippen MR) is 72.9 cm³/mol. The van der Waals surface area contributed by atoms with E-state index in [1.54, 1.807) is 24.3 Å². The van der Waals surface area contributed by atoms with E-state index < -0.39 is 17.9 Å². The van der Waals surface area contributed by atoms with E-state index in [9.17, 15) is 14.4 Å². The van der Waals surface area contributed by atoms with Crippen molar-refractivity contribution >= 4 is 34.4 Å². The second kappa shape index (κ2) is 6.79. The molecule has 0 aliphatic heterocycles. The van der Waals surface area contributed by atoms with Gasteiger partial charge < -0.3 is 16.2 Å². The van der Waals surface area contributed by atoms with Crippen molar-refractivity contribution in [2.75, 3.05) is 11.5 Å². The van der Waals surface area contributed by atoms with Gasteiger partial charge in [0, 0.05) is 18.4 Å². The summed E-state index contributed by atoms with van der Waals surface area (Å²) >= 11 is 0.808. The fraction of sp³-hybridized carbons (Fsp3) is 0.250. The third-order valence-corrected chi connectivity index (χ3v) is 3.22. The van der Waals surface area contributed by atoms with Gasteiger partial charge in [-0.15, -0.1) is 0 Å². The molecule has 0 fully saturated rings. The van der Waals surface area contributed by atoms with Crippen molar-refractivity contribution in [1.29, 1.82) is 0 Å². The molecule has 0 saturated carbocycles. The molecular weight excluding hydrogens is 268 g/mol. The number of hydrogen-bond acceptors (Lipinski definition) is 5. The molecule has 19 heavy (non-hydrogen) atoms. The second-order valence-corrected chi connectivity index (χ2v) is 4.77. The van der Waals surface area contributed by atoms with Crippen LogP contribution in [-0.2, 0) is 9.59 Å². The van der Waals surface area contributed by atoms with E-state index >= 15 is 0 Å². The Morgan fingerprint density at radius 1 is 1.37 bits per heavy atom. The first-order valence-corrected chi connectivity index (χ1v) is 6.42. The fourth-order valence-electron chi connectivity index (χ4n) is 1.34. The summed E-state index contributed by atoms with van der Waals surface area (Å²) in [7, 11) is 0. The number of rotatable bonds is 5. The lowest BCUT2D eigenvalue weighted by Gasteiger charge is -2.12. The molecule has 1 aromatic carbocycles. The van der Waals surface area contributed by atoms with E-state index in [0.717, 1.165) is 11.8 Å². The van der Waals surface area contributed by atoms with Crippen LogP contribution in [0.5, 0.6) is 0 Å². The second-order valence-electron chi connectivity index (χ2n) is 3.78. The van der Waals surface area contributed by atoms with Crippen molar-refractivity contribution in [2.45, 2.75) is 13.0 Å². The number of benzene rings is 1. The predicted octanol–water partition coefficient (Wildman–Crippen LogP) is 0.732. The largest absolute Gasteiger partial charge is 0.480 e. The number of carbonyl (C=O) groups excluding carboxylic acids is 2. The van der Waals surface area contributed by atoms with Crippen molar-refractivity contribution in [2.24, 2.45) is 0 Å². The molecule has 0 aromatic heterocycles. The molecule has 0 radical (unpaired) electrons. The van der Waals surface area contributed by atoms with Gasteiger partial charge in [0.1, 0.15) is 6.04 Å². The Bertz CT molecular complexity index is 504. The van der Waals surface area contributed by atoms with Crippen LogP contribution in [0.2, 0.25) is 0 Å². The summed E-state index contributed by atoms with van der Waals surface area (Å²) in [5.74, 6) is -1.70. The highest BCUT2D eigenvalue weighted by molar-refractivity contribution is 8.14. The summed E-state index contributed by atoms with van der Waals surface area (Å²) in [5, 5.41) is 10.8.